The number of aliphatic hydroxyl groups is 1. The number of hydrazine groups is 1. The van der Waals surface area contributed by atoms with Crippen LogP contribution in [0.4, 0.5) is 0 Å². The minimum atomic E-state index is -2.47. The van der Waals surface area contributed by atoms with E-state index in [-0.39, 0.29) is 0 Å². The second kappa shape index (κ2) is 10.2. The number of aliphatic hydroxyl groups excluding tert-OH is 1. The van der Waals surface area contributed by atoms with Crippen LogP contribution >= 0.6 is 0 Å². The Labute approximate surface area is 194 Å². The number of methoxy groups -OCH3 is 4. The monoisotopic (exact) mass is 486 g/mol. The summed E-state index contributed by atoms with van der Waals surface area (Å²) in [6.45, 7) is 2.44. The normalized spacial score (nSPS) is 23.7. The summed E-state index contributed by atoms with van der Waals surface area (Å²) in [5.41, 5.74) is -3.88. The van der Waals surface area contributed by atoms with E-state index in [1.165, 1.54) is 6.92 Å². The van der Waals surface area contributed by atoms with Gasteiger partial charge in [-0.15, -0.1) is 0 Å². The van der Waals surface area contributed by atoms with Crippen LogP contribution in [0, 0.1) is 0 Å². The number of nitrogens with zero attached hydrogens (tertiary/aromatic N) is 2. The van der Waals surface area contributed by atoms with Gasteiger partial charge >= 0.3 is 29.8 Å². The van der Waals surface area contributed by atoms with Crippen LogP contribution in [0.25, 0.3) is 0 Å². The predicted molar refractivity (Wildman–Crippen MR) is 107 cm³/mol. The Kier molecular flexibility index (Phi) is 8.00. The largest absolute Gasteiger partial charge is 0.469 e. The zero-order valence-corrected chi connectivity index (χ0v) is 19.5. The number of carbonyl (C=O) groups excluding carboxylic acids is 6. The maximum atomic E-state index is 13.3. The van der Waals surface area contributed by atoms with Crippen LogP contribution < -0.4 is 0 Å². The minimum Gasteiger partial charge on any atom is -0.469 e. The average Bonchev–Trinajstić information content (AvgIpc) is 3.30. The van der Waals surface area contributed by atoms with Crippen molar-refractivity contribution in [2.24, 2.45) is 0 Å². The van der Waals surface area contributed by atoms with Crippen LogP contribution in [-0.2, 0) is 52.5 Å². The number of fused-ring (bicyclic) bond motifs is 1. The summed E-state index contributed by atoms with van der Waals surface area (Å²) < 4.78 is 24.1. The van der Waals surface area contributed by atoms with Gasteiger partial charge in [-0.2, -0.15) is 5.01 Å². The van der Waals surface area contributed by atoms with E-state index in [4.69, 9.17) is 18.9 Å². The van der Waals surface area contributed by atoms with Gasteiger partial charge in [0.15, 0.2) is 11.2 Å². The zero-order chi connectivity index (χ0) is 26.0. The first-order valence-electron chi connectivity index (χ1n) is 9.96. The molecule has 34 heavy (non-hydrogen) atoms. The molecule has 1 amide bonds. The van der Waals surface area contributed by atoms with Crippen molar-refractivity contribution < 1.29 is 57.6 Å². The Balaban J connectivity index is 2.88. The topological polar surface area (TPSA) is 175 Å². The summed E-state index contributed by atoms with van der Waals surface area (Å²) >= 11 is 0. The van der Waals surface area contributed by atoms with E-state index < -0.39 is 83.7 Å². The van der Waals surface area contributed by atoms with Crippen molar-refractivity contribution >= 4 is 35.8 Å². The van der Waals surface area contributed by atoms with E-state index in [1.54, 1.807) is 0 Å². The van der Waals surface area contributed by atoms with Crippen LogP contribution in [0.3, 0.4) is 0 Å². The molecule has 2 heterocycles. The molecule has 0 unspecified atom stereocenters. The third kappa shape index (κ3) is 4.21. The predicted octanol–water partition coefficient (Wildman–Crippen LogP) is -1.79. The van der Waals surface area contributed by atoms with Gasteiger partial charge in [0.1, 0.15) is 17.8 Å². The molecule has 4 atom stereocenters. The van der Waals surface area contributed by atoms with E-state index in [9.17, 15) is 33.9 Å². The lowest BCUT2D eigenvalue weighted by molar-refractivity contribution is -0.179. The quantitative estimate of drug-likeness (QED) is 0.301. The van der Waals surface area contributed by atoms with Crippen LogP contribution in [0.15, 0.2) is 11.3 Å². The number of ether oxygens (including phenoxy) is 5. The third-order valence-corrected chi connectivity index (χ3v) is 5.55. The van der Waals surface area contributed by atoms with Crippen LogP contribution in [-0.4, -0.2) is 103 Å². The lowest BCUT2D eigenvalue weighted by Crippen LogP contribution is -2.63. The van der Waals surface area contributed by atoms with E-state index in [0.29, 0.717) is 5.01 Å². The van der Waals surface area contributed by atoms with Gasteiger partial charge in [0, 0.05) is 13.3 Å². The fourth-order valence-electron chi connectivity index (χ4n) is 4.17. The van der Waals surface area contributed by atoms with Crippen LogP contribution in [0.2, 0.25) is 0 Å². The molecular formula is C20H26N2O12. The number of esters is 5. The van der Waals surface area contributed by atoms with Gasteiger partial charge in [-0.05, 0) is 6.92 Å². The number of hydrogen-bond donors (Lipinski definition) is 1. The highest BCUT2D eigenvalue weighted by Crippen LogP contribution is 2.48. The van der Waals surface area contributed by atoms with Crippen molar-refractivity contribution in [3.8, 4) is 0 Å². The van der Waals surface area contributed by atoms with Crippen molar-refractivity contribution in [2.75, 3.05) is 28.4 Å². The molecule has 2 rings (SSSR count). The molecule has 0 aromatic heterocycles. The Hall–Kier alpha value is -3.52. The molecular weight excluding hydrogens is 460 g/mol. The van der Waals surface area contributed by atoms with E-state index >= 15 is 0 Å². The summed E-state index contributed by atoms with van der Waals surface area (Å²) in [5.74, 6) is -6.23. The first kappa shape index (κ1) is 26.7. The van der Waals surface area contributed by atoms with E-state index in [1.807, 2.05) is 0 Å². The smallest absolute Gasteiger partial charge is 0.356 e. The first-order valence-corrected chi connectivity index (χ1v) is 9.96. The summed E-state index contributed by atoms with van der Waals surface area (Å²) in [5, 5.41) is 12.5. The lowest BCUT2D eigenvalue weighted by atomic mass is 9.83. The number of carbonyl (C=O) groups is 6. The van der Waals surface area contributed by atoms with Crippen molar-refractivity contribution in [2.45, 2.75) is 50.5 Å². The highest BCUT2D eigenvalue weighted by atomic mass is 16.6. The maximum absolute atomic E-state index is 13.3. The highest BCUT2D eigenvalue weighted by Gasteiger charge is 2.69. The number of hydrogen-bond acceptors (Lipinski definition) is 13. The van der Waals surface area contributed by atoms with Gasteiger partial charge in [-0.25, -0.2) is 19.4 Å². The van der Waals surface area contributed by atoms with Gasteiger partial charge in [0.25, 0.3) is 0 Å². The highest BCUT2D eigenvalue weighted by molar-refractivity contribution is 6.12. The first-order chi connectivity index (χ1) is 15.9. The fourth-order valence-corrected chi connectivity index (χ4v) is 4.17. The summed E-state index contributed by atoms with van der Waals surface area (Å²) in [6, 6.07) is -1.35. The number of rotatable bonds is 8. The van der Waals surface area contributed by atoms with Gasteiger partial charge < -0.3 is 28.8 Å². The minimum absolute atomic E-state index is 0.484. The molecule has 0 aliphatic carbocycles. The second-order valence-corrected chi connectivity index (χ2v) is 7.44. The molecule has 1 fully saturated rings. The molecule has 188 valence electrons. The van der Waals surface area contributed by atoms with E-state index in [0.717, 1.165) is 40.4 Å². The summed E-state index contributed by atoms with van der Waals surface area (Å²) in [6.07, 6.45) is -4.19. The molecule has 0 saturated carbocycles. The molecule has 0 aromatic carbocycles. The molecule has 14 nitrogen and oxygen atoms in total. The molecule has 14 heteroatoms. The third-order valence-electron chi connectivity index (χ3n) is 5.55. The zero-order valence-electron chi connectivity index (χ0n) is 19.5. The van der Waals surface area contributed by atoms with Gasteiger partial charge in [-0.1, -0.05) is 0 Å². The molecule has 0 bridgehead atoms. The molecule has 1 N–H and O–H groups in total. The molecule has 0 aromatic rings. The SMILES string of the molecule is COC(=O)C[C@]1(C(=O)OC)C(C(=O)OC)=C(C(=O)OC)N2C(=O)C[C@H]([C@@H](O)[C@H](C)OC(C)=O)N21. The van der Waals surface area contributed by atoms with Crippen molar-refractivity contribution in [1.82, 2.24) is 10.0 Å². The van der Waals surface area contributed by atoms with Crippen molar-refractivity contribution in [3.05, 3.63) is 11.3 Å². The van der Waals surface area contributed by atoms with Crippen molar-refractivity contribution in [3.63, 3.8) is 0 Å². The van der Waals surface area contributed by atoms with Crippen molar-refractivity contribution in [1.29, 1.82) is 0 Å². The molecule has 0 spiro atoms. The van der Waals surface area contributed by atoms with Crippen LogP contribution in [0.1, 0.15) is 26.7 Å². The summed E-state index contributed by atoms with van der Waals surface area (Å²) in [4.78, 5) is 75.8. The molecule has 1 saturated heterocycles. The standard InChI is InChI=1S/C20H26N2O12/c1-9(34-10(2)23)16(26)11-7-12(24)21-15(18(28)32-5)14(17(27)31-4)20(22(11)21,19(29)33-6)8-13(25)30-3/h9,11,16,26H,7-8H2,1-6H3/t9-,11+,16-,20+/m0/s1. The Bertz CT molecular complexity index is 944. The molecule has 2 aliphatic rings. The average molecular weight is 486 g/mol. The fraction of sp³-hybridized carbons (Fsp3) is 0.600. The number of amides is 1. The Morgan fingerprint density at radius 1 is 1.03 bits per heavy atom. The van der Waals surface area contributed by atoms with E-state index in [2.05, 4.69) is 4.74 Å². The molecule has 0 radical (unpaired) electrons. The lowest BCUT2D eigenvalue weighted by Gasteiger charge is -2.41. The Morgan fingerprint density at radius 3 is 2.09 bits per heavy atom. The van der Waals surface area contributed by atoms with Gasteiger partial charge in [0.05, 0.1) is 40.9 Å². The summed E-state index contributed by atoms with van der Waals surface area (Å²) in [7, 11) is 3.91. The van der Waals surface area contributed by atoms with Crippen LogP contribution in [0.5, 0.6) is 0 Å². The second-order valence-electron chi connectivity index (χ2n) is 7.44. The van der Waals surface area contributed by atoms with Gasteiger partial charge in [-0.3, -0.25) is 14.4 Å². The Morgan fingerprint density at radius 2 is 1.62 bits per heavy atom. The maximum Gasteiger partial charge on any atom is 0.356 e. The van der Waals surface area contributed by atoms with Gasteiger partial charge in [0.2, 0.25) is 5.91 Å². The molecule has 2 aliphatic heterocycles.